The highest BCUT2D eigenvalue weighted by atomic mass is 16.3. The Balaban J connectivity index is 1.93. The summed E-state index contributed by atoms with van der Waals surface area (Å²) < 4.78 is 0. The molecule has 0 unspecified atom stereocenters. The van der Waals surface area contributed by atoms with E-state index in [1.165, 1.54) is 19.6 Å². The first-order chi connectivity index (χ1) is 9.09. The largest absolute Gasteiger partial charge is 0.391 e. The van der Waals surface area contributed by atoms with E-state index < -0.39 is 18.1 Å². The van der Waals surface area contributed by atoms with Crippen LogP contribution in [0.4, 0.5) is 5.82 Å². The number of nitrogens with two attached hydrogens (primary N) is 1. The summed E-state index contributed by atoms with van der Waals surface area (Å²) in [4.78, 5) is 26.4. The van der Waals surface area contributed by atoms with Gasteiger partial charge in [-0.15, -0.1) is 0 Å². The van der Waals surface area contributed by atoms with Gasteiger partial charge in [0.25, 0.3) is 0 Å². The predicted molar refractivity (Wildman–Crippen MR) is 68.0 cm³/mol. The van der Waals surface area contributed by atoms with Crippen molar-refractivity contribution in [2.45, 2.75) is 19.1 Å². The van der Waals surface area contributed by atoms with Crippen LogP contribution in [0.25, 0.3) is 11.2 Å². The zero-order valence-electron chi connectivity index (χ0n) is 10.3. The Labute approximate surface area is 108 Å². The smallest absolute Gasteiger partial charge is 0.240 e. The van der Waals surface area contributed by atoms with E-state index in [-0.39, 0.29) is 6.67 Å². The Morgan fingerprint density at radius 1 is 1.53 bits per heavy atom. The maximum absolute atomic E-state index is 11.5. The fourth-order valence-corrected chi connectivity index (χ4v) is 1.45. The number of rotatable bonds is 5. The number of hydrogen-bond acceptors (Lipinski definition) is 7. The Morgan fingerprint density at radius 3 is 3.05 bits per heavy atom. The first-order valence-electron chi connectivity index (χ1n) is 5.69. The molecule has 0 bridgehead atoms. The topological polar surface area (TPSA) is 142 Å². The summed E-state index contributed by atoms with van der Waals surface area (Å²) in [6, 6.07) is -0.959. The van der Waals surface area contributed by atoms with Gasteiger partial charge in [0.1, 0.15) is 17.9 Å². The fraction of sp³-hybridized carbons (Fsp3) is 0.400. The third-order valence-electron chi connectivity index (χ3n) is 2.56. The van der Waals surface area contributed by atoms with Crippen molar-refractivity contribution in [1.82, 2.24) is 25.3 Å². The third kappa shape index (κ3) is 2.95. The second-order valence-electron chi connectivity index (χ2n) is 3.98. The van der Waals surface area contributed by atoms with Gasteiger partial charge < -0.3 is 26.5 Å². The van der Waals surface area contributed by atoms with Gasteiger partial charge in [-0.3, -0.25) is 4.79 Å². The number of amides is 1. The fourth-order valence-electron chi connectivity index (χ4n) is 1.45. The molecule has 19 heavy (non-hydrogen) atoms. The number of aliphatic hydroxyl groups excluding tert-OH is 1. The van der Waals surface area contributed by atoms with Crippen LogP contribution in [0.5, 0.6) is 0 Å². The first kappa shape index (κ1) is 13.2. The molecule has 6 N–H and O–H groups in total. The summed E-state index contributed by atoms with van der Waals surface area (Å²) in [5.74, 6) is 0.0748. The number of aliphatic hydroxyl groups is 1. The molecule has 9 nitrogen and oxygen atoms in total. The lowest BCUT2D eigenvalue weighted by Crippen LogP contribution is -2.48. The highest BCUT2D eigenvalue weighted by molar-refractivity contribution is 5.83. The van der Waals surface area contributed by atoms with Gasteiger partial charge in [0.05, 0.1) is 19.1 Å². The standard InChI is InChI=1S/C10H15N7O2/c1-5(18)6(11)10(19)17-4-16-9-7-8(13-2-12-7)14-3-15-9/h2-3,5-6,18H,4,11H2,1H3,(H,17,19)(H2,12,13,14,15,16)/t5-,6+/m1/s1. The number of H-pyrrole nitrogens is 1. The van der Waals surface area contributed by atoms with Crippen LogP contribution in [0.2, 0.25) is 0 Å². The molecule has 1 amide bonds. The lowest BCUT2D eigenvalue weighted by molar-refractivity contribution is -0.124. The highest BCUT2D eigenvalue weighted by Crippen LogP contribution is 2.13. The summed E-state index contributed by atoms with van der Waals surface area (Å²) in [5, 5.41) is 14.6. The van der Waals surface area contributed by atoms with Crippen LogP contribution >= 0.6 is 0 Å². The highest BCUT2D eigenvalue weighted by Gasteiger charge is 2.18. The van der Waals surface area contributed by atoms with Crippen molar-refractivity contribution in [2.24, 2.45) is 5.73 Å². The lowest BCUT2D eigenvalue weighted by Gasteiger charge is -2.15. The maximum Gasteiger partial charge on any atom is 0.240 e. The summed E-state index contributed by atoms with van der Waals surface area (Å²) >= 11 is 0. The van der Waals surface area contributed by atoms with E-state index in [0.29, 0.717) is 17.0 Å². The summed E-state index contributed by atoms with van der Waals surface area (Å²) in [6.45, 7) is 1.58. The molecule has 0 spiro atoms. The number of hydrogen-bond donors (Lipinski definition) is 5. The second-order valence-corrected chi connectivity index (χ2v) is 3.98. The Morgan fingerprint density at radius 2 is 2.32 bits per heavy atom. The van der Waals surface area contributed by atoms with Crippen molar-refractivity contribution in [1.29, 1.82) is 0 Å². The van der Waals surface area contributed by atoms with E-state index in [0.717, 1.165) is 0 Å². The zero-order chi connectivity index (χ0) is 13.8. The van der Waals surface area contributed by atoms with Gasteiger partial charge in [-0.25, -0.2) is 15.0 Å². The Kier molecular flexibility index (Phi) is 3.88. The summed E-state index contributed by atoms with van der Waals surface area (Å²) in [7, 11) is 0. The van der Waals surface area contributed by atoms with Gasteiger partial charge in [-0.05, 0) is 6.92 Å². The number of carbonyl (C=O) groups excluding carboxylic acids is 1. The van der Waals surface area contributed by atoms with Gasteiger partial charge in [0.15, 0.2) is 11.5 Å². The van der Waals surface area contributed by atoms with Crippen LogP contribution in [0.15, 0.2) is 12.7 Å². The van der Waals surface area contributed by atoms with Crippen LogP contribution in [-0.2, 0) is 4.79 Å². The molecule has 2 heterocycles. The van der Waals surface area contributed by atoms with E-state index >= 15 is 0 Å². The minimum absolute atomic E-state index is 0.129. The predicted octanol–water partition coefficient (Wildman–Crippen LogP) is -1.45. The van der Waals surface area contributed by atoms with Crippen molar-refractivity contribution < 1.29 is 9.90 Å². The normalized spacial score (nSPS) is 14.1. The van der Waals surface area contributed by atoms with E-state index in [1.807, 2.05) is 0 Å². The molecular formula is C10H15N7O2. The maximum atomic E-state index is 11.5. The van der Waals surface area contributed by atoms with Gasteiger partial charge in [0.2, 0.25) is 5.91 Å². The number of imidazole rings is 1. The van der Waals surface area contributed by atoms with Crippen molar-refractivity contribution in [2.75, 3.05) is 12.0 Å². The van der Waals surface area contributed by atoms with Crippen LogP contribution in [0, 0.1) is 0 Å². The average Bonchev–Trinajstić information content (AvgIpc) is 2.86. The van der Waals surface area contributed by atoms with Crippen molar-refractivity contribution in [3.63, 3.8) is 0 Å². The molecule has 0 aliphatic heterocycles. The Bertz CT molecular complexity index is 568. The quantitative estimate of drug-likeness (QED) is 0.416. The van der Waals surface area contributed by atoms with Crippen molar-refractivity contribution in [3.05, 3.63) is 12.7 Å². The van der Waals surface area contributed by atoms with Crippen molar-refractivity contribution in [3.8, 4) is 0 Å². The number of fused-ring (bicyclic) bond motifs is 1. The molecule has 2 atom stereocenters. The van der Waals surface area contributed by atoms with Crippen LogP contribution in [0.1, 0.15) is 6.92 Å². The molecule has 2 aromatic heterocycles. The molecule has 102 valence electrons. The molecule has 2 rings (SSSR count). The monoisotopic (exact) mass is 265 g/mol. The van der Waals surface area contributed by atoms with Crippen LogP contribution < -0.4 is 16.4 Å². The average molecular weight is 265 g/mol. The SMILES string of the molecule is C[C@@H](O)[C@H](N)C(=O)NCNc1ncnc2nc[nH]c12. The number of nitrogens with zero attached hydrogens (tertiary/aromatic N) is 3. The number of carbonyl (C=O) groups is 1. The molecule has 0 aliphatic carbocycles. The third-order valence-corrected chi connectivity index (χ3v) is 2.56. The molecule has 0 saturated heterocycles. The number of aromatic amines is 1. The summed E-state index contributed by atoms with van der Waals surface area (Å²) in [6.07, 6.45) is 1.97. The van der Waals surface area contributed by atoms with E-state index in [9.17, 15) is 9.90 Å². The molecule has 0 aliphatic rings. The number of anilines is 1. The lowest BCUT2D eigenvalue weighted by atomic mass is 10.2. The van der Waals surface area contributed by atoms with E-state index in [2.05, 4.69) is 30.6 Å². The van der Waals surface area contributed by atoms with Crippen LogP contribution in [-0.4, -0.2) is 49.8 Å². The Hall–Kier alpha value is -2.26. The zero-order valence-corrected chi connectivity index (χ0v) is 10.3. The molecule has 0 aromatic carbocycles. The second kappa shape index (κ2) is 5.59. The molecular weight excluding hydrogens is 250 g/mol. The molecule has 0 radical (unpaired) electrons. The van der Waals surface area contributed by atoms with Crippen LogP contribution in [0.3, 0.4) is 0 Å². The van der Waals surface area contributed by atoms with Gasteiger partial charge >= 0.3 is 0 Å². The molecule has 0 fully saturated rings. The number of nitrogens with one attached hydrogen (secondary N) is 3. The van der Waals surface area contributed by atoms with Gasteiger partial charge in [-0.1, -0.05) is 0 Å². The van der Waals surface area contributed by atoms with Gasteiger partial charge in [0, 0.05) is 0 Å². The minimum Gasteiger partial charge on any atom is -0.391 e. The van der Waals surface area contributed by atoms with E-state index in [4.69, 9.17) is 5.73 Å². The minimum atomic E-state index is -0.959. The molecule has 9 heteroatoms. The van der Waals surface area contributed by atoms with E-state index in [1.54, 1.807) is 0 Å². The first-order valence-corrected chi connectivity index (χ1v) is 5.69. The summed E-state index contributed by atoms with van der Waals surface area (Å²) in [5.41, 5.74) is 6.66. The molecule has 0 saturated carbocycles. The van der Waals surface area contributed by atoms with Gasteiger partial charge in [-0.2, -0.15) is 0 Å². The molecule has 2 aromatic rings. The van der Waals surface area contributed by atoms with Crippen molar-refractivity contribution >= 4 is 22.9 Å². The number of aromatic nitrogens is 4.